The first-order valence-electron chi connectivity index (χ1n) is 16.4. The van der Waals surface area contributed by atoms with E-state index in [1.807, 2.05) is 12.2 Å². The first-order chi connectivity index (χ1) is 25.8. The Morgan fingerprint density at radius 3 is 0.891 bits per heavy atom. The van der Waals surface area contributed by atoms with Crippen LogP contribution in [0.4, 0.5) is 26.3 Å². The van der Waals surface area contributed by atoms with E-state index < -0.39 is 39.3 Å². The molecule has 0 spiro atoms. The summed E-state index contributed by atoms with van der Waals surface area (Å²) >= 11 is 9.03. The fourth-order valence-electron chi connectivity index (χ4n) is 4.75. The number of nitrogens with zero attached hydrogens (tertiary/aromatic N) is 2. The summed E-state index contributed by atoms with van der Waals surface area (Å²) in [6, 6.07) is 47.2. The molecule has 55 heavy (non-hydrogen) atoms. The molecule has 0 aliphatic heterocycles. The molecule has 0 N–H and O–H groups in total. The normalized spacial score (nSPS) is 10.6. The van der Waals surface area contributed by atoms with E-state index >= 15 is 0 Å². The van der Waals surface area contributed by atoms with Crippen LogP contribution in [-0.4, -0.2) is 22.3 Å². The van der Waals surface area contributed by atoms with Crippen LogP contribution in [0.15, 0.2) is 193 Å². The summed E-state index contributed by atoms with van der Waals surface area (Å²) < 4.78 is 71.1. The van der Waals surface area contributed by atoms with Crippen LogP contribution in [0.1, 0.15) is 11.1 Å². The molecule has 288 valence electrons. The van der Waals surface area contributed by atoms with E-state index in [-0.39, 0.29) is 31.1 Å². The molecule has 0 atom stereocenters. The van der Waals surface area contributed by atoms with Gasteiger partial charge in [-0.2, -0.15) is 26.3 Å². The average molecular weight is 1010 g/mol. The topological polar surface area (TPSA) is 25.8 Å². The summed E-state index contributed by atoms with van der Waals surface area (Å²) in [5.41, 5.74) is -1.54. The van der Waals surface area contributed by atoms with E-state index in [1.165, 1.54) is 21.2 Å². The molecule has 0 unspecified atom stereocenters. The SMILES string of the molecule is C=CC[PH+](c1ccccc1)c1ccccc1.C=CC[PH+](c1ccccc1)c1ccccc1.FC(F)(F)c1ccc([S-])nc1.FC(F)(F)c1ccc([S-])nc1.[Pt+2]. The maximum Gasteiger partial charge on any atom is 2.00 e. The number of benzene rings is 4. The molecule has 0 aliphatic rings. The van der Waals surface area contributed by atoms with Crippen LogP contribution in [0.25, 0.3) is 0 Å². The molecule has 0 saturated carbocycles. The van der Waals surface area contributed by atoms with Gasteiger partial charge in [-0.1, -0.05) is 120 Å². The van der Waals surface area contributed by atoms with Gasteiger partial charge < -0.3 is 25.3 Å². The number of allylic oxidation sites excluding steroid dienone is 2. The Labute approximate surface area is 346 Å². The van der Waals surface area contributed by atoms with Gasteiger partial charge in [-0.15, -0.1) is 0 Å². The minimum atomic E-state index is -4.32. The fourth-order valence-corrected chi connectivity index (χ4v) is 9.55. The predicted octanol–water partition coefficient (Wildman–Crippen LogP) is 10.1. The van der Waals surface area contributed by atoms with Gasteiger partial charge in [0.2, 0.25) is 0 Å². The first-order valence-corrected chi connectivity index (χ1v) is 20.6. The Morgan fingerprint density at radius 2 is 0.709 bits per heavy atom. The number of alkyl halides is 6. The van der Waals surface area contributed by atoms with Gasteiger partial charge in [0.15, 0.2) is 0 Å². The number of hydrogen-bond donors (Lipinski definition) is 0. The van der Waals surface area contributed by atoms with Crippen molar-refractivity contribution in [3.05, 3.63) is 194 Å². The van der Waals surface area contributed by atoms with Gasteiger partial charge in [-0.25, -0.2) is 0 Å². The van der Waals surface area contributed by atoms with Crippen LogP contribution in [-0.2, 0) is 58.7 Å². The Kier molecular flexibility index (Phi) is 21.3. The van der Waals surface area contributed by atoms with Crippen LogP contribution in [0.5, 0.6) is 0 Å². The van der Waals surface area contributed by atoms with Crippen molar-refractivity contribution in [3.63, 3.8) is 0 Å². The molecule has 13 heteroatoms. The third-order valence-electron chi connectivity index (χ3n) is 7.31. The second-order valence-corrected chi connectivity index (χ2v) is 17.0. The third kappa shape index (κ3) is 17.3. The molecule has 0 radical (unpaired) electrons. The minimum absolute atomic E-state index is 0. The molecule has 0 aliphatic carbocycles. The zero-order valence-corrected chi connectivity index (χ0v) is 35.2. The van der Waals surface area contributed by atoms with Crippen molar-refractivity contribution in [3.8, 4) is 0 Å². The largest absolute Gasteiger partial charge is 2.00 e. The summed E-state index contributed by atoms with van der Waals surface area (Å²) in [5.74, 6) is 0. The molecule has 2 nitrogen and oxygen atoms in total. The van der Waals surface area contributed by atoms with E-state index in [2.05, 4.69) is 170 Å². The monoisotopic (exact) mass is 1010 g/mol. The number of hydrogen-bond acceptors (Lipinski definition) is 4. The maximum absolute atomic E-state index is 11.8. The van der Waals surface area contributed by atoms with E-state index in [4.69, 9.17) is 0 Å². The Balaban J connectivity index is 0.000000256. The molecule has 0 amide bonds. The van der Waals surface area contributed by atoms with Gasteiger partial charge in [-0.3, -0.25) is 9.97 Å². The number of rotatable bonds is 8. The summed E-state index contributed by atoms with van der Waals surface area (Å²) in [6.07, 6.45) is -0.962. The molecule has 0 fully saturated rings. The first kappa shape index (κ1) is 47.4. The summed E-state index contributed by atoms with van der Waals surface area (Å²) in [7, 11) is -1.34. The molecule has 0 bridgehead atoms. The Morgan fingerprint density at radius 1 is 0.455 bits per heavy atom. The van der Waals surface area contributed by atoms with Crippen molar-refractivity contribution >= 4 is 62.3 Å². The smallest absolute Gasteiger partial charge is 0.760 e. The van der Waals surface area contributed by atoms with Crippen LogP contribution >= 0.6 is 15.8 Å². The quantitative estimate of drug-likeness (QED) is 0.0657. The van der Waals surface area contributed by atoms with Gasteiger partial charge in [0.05, 0.1) is 60.5 Å². The molecule has 4 aromatic carbocycles. The Hall–Kier alpha value is -3.77. The van der Waals surface area contributed by atoms with Gasteiger partial charge in [0.25, 0.3) is 0 Å². The number of aromatic nitrogens is 2. The maximum atomic E-state index is 11.8. The molecule has 2 aromatic heterocycles. The standard InChI is InChI=1S/2C15H15P.2C6H4F3NS.Pt/c2*1-2-13-16(14-9-5-3-6-10-14)15-11-7-4-8-12-15;2*7-6(8,9)4-1-2-5(11)10-3-4;/h2*2-12H,1,13H2;2*1-3H,(H,10,11);/q;;;;+2. The van der Waals surface area contributed by atoms with E-state index in [0.717, 1.165) is 49.0 Å². The summed E-state index contributed by atoms with van der Waals surface area (Å²) in [6.45, 7) is 7.75. The second kappa shape index (κ2) is 24.7. The van der Waals surface area contributed by atoms with Crippen molar-refractivity contribution in [1.82, 2.24) is 9.97 Å². The van der Waals surface area contributed by atoms with Gasteiger partial charge >= 0.3 is 33.4 Å². The summed E-state index contributed by atoms with van der Waals surface area (Å²) in [4.78, 5) is 6.68. The average Bonchev–Trinajstić information content (AvgIpc) is 3.18. The van der Waals surface area contributed by atoms with E-state index in [9.17, 15) is 26.3 Å². The number of halogens is 6. The molecule has 0 saturated heterocycles. The minimum Gasteiger partial charge on any atom is -0.760 e. The third-order valence-corrected chi connectivity index (χ3v) is 13.3. The fraction of sp³-hybridized carbons (Fsp3) is 0.0952. The summed E-state index contributed by atoms with van der Waals surface area (Å²) in [5, 5.41) is 6.16. The van der Waals surface area contributed by atoms with Crippen molar-refractivity contribution in [2.24, 2.45) is 0 Å². The zero-order valence-electron chi connectivity index (χ0n) is 29.3. The van der Waals surface area contributed by atoms with Crippen molar-refractivity contribution in [1.29, 1.82) is 0 Å². The van der Waals surface area contributed by atoms with E-state index in [1.54, 1.807) is 0 Å². The van der Waals surface area contributed by atoms with Crippen molar-refractivity contribution < 1.29 is 47.4 Å². The molecular formula is C42H38F6N2P2PtS2+2. The second-order valence-electron chi connectivity index (χ2n) is 11.2. The molecule has 2 heterocycles. The van der Waals surface area contributed by atoms with Gasteiger partial charge in [0.1, 0.15) is 0 Å². The molecule has 6 aromatic rings. The van der Waals surface area contributed by atoms with Gasteiger partial charge in [-0.05, 0) is 60.7 Å². The molecule has 6 rings (SSSR count). The Bertz CT molecular complexity index is 1720. The van der Waals surface area contributed by atoms with Crippen LogP contribution in [0.2, 0.25) is 0 Å². The van der Waals surface area contributed by atoms with Crippen LogP contribution in [0, 0.1) is 0 Å². The van der Waals surface area contributed by atoms with Crippen LogP contribution < -0.4 is 21.2 Å². The van der Waals surface area contributed by atoms with E-state index in [0.29, 0.717) is 0 Å². The van der Waals surface area contributed by atoms with Crippen LogP contribution in [0.3, 0.4) is 0 Å². The zero-order chi connectivity index (χ0) is 39.4. The predicted molar refractivity (Wildman–Crippen MR) is 221 cm³/mol. The molecular weight excluding hydrogens is 968 g/mol. The van der Waals surface area contributed by atoms with Crippen molar-refractivity contribution in [2.75, 3.05) is 12.3 Å². The van der Waals surface area contributed by atoms with Crippen molar-refractivity contribution in [2.45, 2.75) is 22.4 Å². The number of pyridine rings is 2. The van der Waals surface area contributed by atoms with Gasteiger partial charge in [0, 0.05) is 12.4 Å².